The van der Waals surface area contributed by atoms with Gasteiger partial charge in [-0.3, -0.25) is 0 Å². The first-order chi connectivity index (χ1) is 9.22. The van der Waals surface area contributed by atoms with E-state index in [9.17, 15) is 9.50 Å². The largest absolute Gasteiger partial charge is 0.387 e. The maximum Gasteiger partial charge on any atom is 0.129 e. The number of hydrogen-bond donors (Lipinski definition) is 2. The molecule has 4 heteroatoms. The van der Waals surface area contributed by atoms with E-state index in [4.69, 9.17) is 4.74 Å². The molecule has 1 fully saturated rings. The van der Waals surface area contributed by atoms with Crippen molar-refractivity contribution in [3.8, 4) is 0 Å². The van der Waals surface area contributed by atoms with Crippen LogP contribution >= 0.6 is 0 Å². The average Bonchev–Trinajstić information content (AvgIpc) is 2.86. The van der Waals surface area contributed by atoms with Crippen molar-refractivity contribution in [1.82, 2.24) is 5.32 Å². The molecule has 106 valence electrons. The first-order valence-electron chi connectivity index (χ1n) is 6.97. The molecule has 0 radical (unpaired) electrons. The summed E-state index contributed by atoms with van der Waals surface area (Å²) < 4.78 is 19.1. The molecule has 1 saturated heterocycles. The zero-order valence-corrected chi connectivity index (χ0v) is 11.3. The van der Waals surface area contributed by atoms with Gasteiger partial charge in [0, 0.05) is 25.3 Å². The Morgan fingerprint density at radius 1 is 1.47 bits per heavy atom. The van der Waals surface area contributed by atoms with Crippen molar-refractivity contribution < 1.29 is 14.2 Å². The zero-order chi connectivity index (χ0) is 13.7. The van der Waals surface area contributed by atoms with Crippen LogP contribution in [0.2, 0.25) is 0 Å². The highest BCUT2D eigenvalue weighted by Crippen LogP contribution is 2.23. The molecular weight excluding hydrogens is 245 g/mol. The van der Waals surface area contributed by atoms with E-state index in [1.165, 1.54) is 6.07 Å². The van der Waals surface area contributed by atoms with Gasteiger partial charge in [0.2, 0.25) is 0 Å². The van der Waals surface area contributed by atoms with Gasteiger partial charge in [-0.1, -0.05) is 25.1 Å². The fourth-order valence-corrected chi connectivity index (χ4v) is 2.64. The molecule has 19 heavy (non-hydrogen) atoms. The highest BCUT2D eigenvalue weighted by Gasteiger charge is 2.26. The molecule has 2 N–H and O–H groups in total. The van der Waals surface area contributed by atoms with Gasteiger partial charge in [-0.2, -0.15) is 0 Å². The number of aliphatic hydroxyl groups excluding tert-OH is 1. The Morgan fingerprint density at radius 3 is 3.00 bits per heavy atom. The van der Waals surface area contributed by atoms with Crippen LogP contribution in [0.3, 0.4) is 0 Å². The van der Waals surface area contributed by atoms with E-state index in [1.807, 2.05) is 0 Å². The predicted molar refractivity (Wildman–Crippen MR) is 72.4 cm³/mol. The minimum Gasteiger partial charge on any atom is -0.387 e. The van der Waals surface area contributed by atoms with Crippen LogP contribution in [0.5, 0.6) is 0 Å². The summed E-state index contributed by atoms with van der Waals surface area (Å²) in [5.41, 5.74) is 0.352. The van der Waals surface area contributed by atoms with Crippen molar-refractivity contribution in [2.24, 2.45) is 5.92 Å². The summed E-state index contributed by atoms with van der Waals surface area (Å²) in [5, 5.41) is 13.2. The Bertz CT molecular complexity index is 399. The lowest BCUT2D eigenvalue weighted by Crippen LogP contribution is -2.31. The normalized spacial score (nSPS) is 24.6. The van der Waals surface area contributed by atoms with Gasteiger partial charge in [0.1, 0.15) is 5.82 Å². The Morgan fingerprint density at radius 2 is 2.26 bits per heavy atom. The molecule has 3 nitrogen and oxygen atoms in total. The summed E-state index contributed by atoms with van der Waals surface area (Å²) in [6.45, 7) is 4.12. The first-order valence-corrected chi connectivity index (χ1v) is 6.97. The molecule has 1 aromatic carbocycles. The molecule has 0 aromatic heterocycles. The van der Waals surface area contributed by atoms with Crippen LogP contribution in [-0.2, 0) is 4.74 Å². The molecule has 0 bridgehead atoms. The minimum atomic E-state index is -0.802. The second kappa shape index (κ2) is 6.98. The van der Waals surface area contributed by atoms with E-state index >= 15 is 0 Å². The van der Waals surface area contributed by atoms with Gasteiger partial charge in [-0.15, -0.1) is 0 Å². The summed E-state index contributed by atoms with van der Waals surface area (Å²) in [5.74, 6) is 0.144. The summed E-state index contributed by atoms with van der Waals surface area (Å²) in [4.78, 5) is 0. The highest BCUT2D eigenvalue weighted by atomic mass is 19.1. The average molecular weight is 267 g/mol. The quantitative estimate of drug-likeness (QED) is 0.830. The topological polar surface area (TPSA) is 41.5 Å². The molecule has 0 spiro atoms. The van der Waals surface area contributed by atoms with Crippen LogP contribution in [0.25, 0.3) is 0 Å². The molecule has 0 amide bonds. The Balaban J connectivity index is 1.78. The van der Waals surface area contributed by atoms with Gasteiger partial charge >= 0.3 is 0 Å². The fourth-order valence-electron chi connectivity index (χ4n) is 2.64. The Labute approximate surface area is 113 Å². The third kappa shape index (κ3) is 3.75. The lowest BCUT2D eigenvalue weighted by molar-refractivity contribution is 0.0857. The number of halogens is 1. The standard InChI is InChI=1S/C15H22FNO2/c1-2-15-11(7-8-19-15)9-17-10-14(18)12-5-3-4-6-13(12)16/h3-6,11,14-15,17-18H,2,7-10H2,1H3. The van der Waals surface area contributed by atoms with Gasteiger partial charge in [0.15, 0.2) is 0 Å². The molecular formula is C15H22FNO2. The Hall–Kier alpha value is -0.970. The Kier molecular flexibility index (Phi) is 5.31. The van der Waals surface area contributed by atoms with E-state index in [0.29, 0.717) is 24.1 Å². The minimum absolute atomic E-state index is 0.318. The molecule has 1 aromatic rings. The SMILES string of the molecule is CCC1OCCC1CNCC(O)c1ccccc1F. The van der Waals surface area contributed by atoms with Crippen molar-refractivity contribution in [2.75, 3.05) is 19.7 Å². The van der Waals surface area contributed by atoms with E-state index in [-0.39, 0.29) is 5.82 Å². The van der Waals surface area contributed by atoms with E-state index in [1.54, 1.807) is 18.2 Å². The summed E-state index contributed by atoms with van der Waals surface area (Å²) in [6.07, 6.45) is 1.59. The van der Waals surface area contributed by atoms with Crippen LogP contribution in [-0.4, -0.2) is 30.9 Å². The summed E-state index contributed by atoms with van der Waals surface area (Å²) >= 11 is 0. The van der Waals surface area contributed by atoms with E-state index in [2.05, 4.69) is 12.2 Å². The first kappa shape index (κ1) is 14.4. The van der Waals surface area contributed by atoms with Crippen LogP contribution in [0.4, 0.5) is 4.39 Å². The third-order valence-electron chi connectivity index (χ3n) is 3.76. The van der Waals surface area contributed by atoms with Gasteiger partial charge in [0.25, 0.3) is 0 Å². The van der Waals surface area contributed by atoms with Gasteiger partial charge in [-0.05, 0) is 24.8 Å². The number of rotatable bonds is 6. The lowest BCUT2D eigenvalue weighted by atomic mass is 9.99. The highest BCUT2D eigenvalue weighted by molar-refractivity contribution is 5.19. The molecule has 1 heterocycles. The summed E-state index contributed by atoms with van der Waals surface area (Å²) in [6, 6.07) is 6.35. The van der Waals surface area contributed by atoms with Gasteiger partial charge in [-0.25, -0.2) is 4.39 Å². The van der Waals surface area contributed by atoms with E-state index < -0.39 is 6.10 Å². The van der Waals surface area contributed by atoms with Gasteiger partial charge in [0.05, 0.1) is 12.2 Å². The molecule has 0 aliphatic carbocycles. The lowest BCUT2D eigenvalue weighted by Gasteiger charge is -2.19. The molecule has 3 atom stereocenters. The summed E-state index contributed by atoms with van der Waals surface area (Å²) in [7, 11) is 0. The number of aliphatic hydroxyl groups is 1. The van der Waals surface area contributed by atoms with Crippen molar-refractivity contribution >= 4 is 0 Å². The molecule has 0 saturated carbocycles. The van der Waals surface area contributed by atoms with Crippen LogP contribution in [0.15, 0.2) is 24.3 Å². The second-order valence-corrected chi connectivity index (χ2v) is 5.06. The molecule has 1 aliphatic heterocycles. The zero-order valence-electron chi connectivity index (χ0n) is 11.3. The second-order valence-electron chi connectivity index (χ2n) is 5.06. The number of ether oxygens (including phenoxy) is 1. The van der Waals surface area contributed by atoms with Crippen molar-refractivity contribution in [3.05, 3.63) is 35.6 Å². The predicted octanol–water partition coefficient (Wildman–Crippen LogP) is 2.26. The maximum absolute atomic E-state index is 13.5. The van der Waals surface area contributed by atoms with Crippen LogP contribution < -0.4 is 5.32 Å². The third-order valence-corrected chi connectivity index (χ3v) is 3.76. The molecule has 2 rings (SSSR count). The van der Waals surface area contributed by atoms with Crippen molar-refractivity contribution in [1.29, 1.82) is 0 Å². The number of hydrogen-bond acceptors (Lipinski definition) is 3. The maximum atomic E-state index is 13.5. The fraction of sp³-hybridized carbons (Fsp3) is 0.600. The smallest absolute Gasteiger partial charge is 0.129 e. The number of benzene rings is 1. The van der Waals surface area contributed by atoms with Gasteiger partial charge < -0.3 is 15.2 Å². The van der Waals surface area contributed by atoms with Crippen molar-refractivity contribution in [2.45, 2.75) is 32.0 Å². The number of nitrogens with one attached hydrogen (secondary N) is 1. The van der Waals surface area contributed by atoms with Crippen molar-refractivity contribution in [3.63, 3.8) is 0 Å². The molecule has 3 unspecified atom stereocenters. The van der Waals surface area contributed by atoms with Crippen LogP contribution in [0.1, 0.15) is 31.4 Å². The van der Waals surface area contributed by atoms with Crippen LogP contribution in [0, 0.1) is 11.7 Å². The molecule has 1 aliphatic rings. The van der Waals surface area contributed by atoms with E-state index in [0.717, 1.165) is 26.0 Å². The monoisotopic (exact) mass is 267 g/mol.